The summed E-state index contributed by atoms with van der Waals surface area (Å²) in [5, 5.41) is 14.4. The van der Waals surface area contributed by atoms with E-state index in [-0.39, 0.29) is 28.5 Å². The van der Waals surface area contributed by atoms with E-state index in [2.05, 4.69) is 137 Å². The molecule has 1 aliphatic rings. The first-order chi connectivity index (χ1) is 16.8. The molecule has 0 fully saturated rings. The molecule has 0 saturated carbocycles. The van der Waals surface area contributed by atoms with Gasteiger partial charge in [-0.1, -0.05) is 85.9 Å². The number of hydrogen-bond acceptors (Lipinski definition) is 1. The van der Waals surface area contributed by atoms with Gasteiger partial charge in [0, 0.05) is 11.0 Å². The largest absolute Gasteiger partial charge is 1.00 e. The van der Waals surface area contributed by atoms with Crippen molar-refractivity contribution in [2.24, 2.45) is 5.41 Å². The van der Waals surface area contributed by atoms with Crippen LogP contribution < -0.4 is 32.9 Å². The predicted molar refractivity (Wildman–Crippen MR) is 153 cm³/mol. The molecule has 1 nitrogen and oxygen atoms in total. The fraction of sp³-hybridized carbons (Fsp3) is 0.273. The molecule has 4 rings (SSSR count). The lowest BCUT2D eigenvalue weighted by atomic mass is 9.72. The molecule has 0 aromatic heterocycles. The Bertz CT molecular complexity index is 1170. The normalized spacial score (nSPS) is 17.6. The van der Waals surface area contributed by atoms with Crippen LogP contribution >= 0.6 is 7.26 Å². The summed E-state index contributed by atoms with van der Waals surface area (Å²) < 4.78 is 0. The zero-order valence-corrected chi connectivity index (χ0v) is 24.2. The van der Waals surface area contributed by atoms with Gasteiger partial charge in [-0.25, -0.2) is 0 Å². The van der Waals surface area contributed by atoms with Gasteiger partial charge in [-0.3, -0.25) is 0 Å². The van der Waals surface area contributed by atoms with Crippen molar-refractivity contribution in [2.75, 3.05) is 6.16 Å². The second kappa shape index (κ2) is 12.2. The molecule has 1 aliphatic carbocycles. The Hall–Kier alpha value is -2.43. The molecule has 36 heavy (non-hydrogen) atoms. The smallest absolute Gasteiger partial charge is 0.116 e. The van der Waals surface area contributed by atoms with Gasteiger partial charge in [-0.15, -0.1) is 0 Å². The SMILES string of the molecule is CC1=C(C#C/C(C)=C/C[P+](c2ccccc2)(c2ccccc2)c2ccccc2)C(C)(C)C[C@H](O)C1.[Br-]. The maximum absolute atomic E-state index is 10.2. The van der Waals surface area contributed by atoms with Crippen LogP contribution in [-0.2, 0) is 0 Å². The Morgan fingerprint density at radius 2 is 1.33 bits per heavy atom. The van der Waals surface area contributed by atoms with Gasteiger partial charge in [0.1, 0.15) is 23.2 Å². The third kappa shape index (κ3) is 6.10. The van der Waals surface area contributed by atoms with Crippen molar-refractivity contribution in [1.82, 2.24) is 0 Å². The maximum atomic E-state index is 10.2. The van der Waals surface area contributed by atoms with Gasteiger partial charge < -0.3 is 22.1 Å². The number of allylic oxidation sites excluding steroid dienone is 3. The first-order valence-corrected chi connectivity index (χ1v) is 14.4. The summed E-state index contributed by atoms with van der Waals surface area (Å²) in [4.78, 5) is 0. The van der Waals surface area contributed by atoms with E-state index in [9.17, 15) is 5.11 Å². The van der Waals surface area contributed by atoms with Gasteiger partial charge in [-0.2, -0.15) is 0 Å². The summed E-state index contributed by atoms with van der Waals surface area (Å²) >= 11 is 0. The minimum absolute atomic E-state index is 0. The third-order valence-electron chi connectivity index (χ3n) is 7.04. The Kier molecular flexibility index (Phi) is 9.54. The molecule has 1 N–H and O–H groups in total. The van der Waals surface area contributed by atoms with Crippen molar-refractivity contribution in [2.45, 2.75) is 46.6 Å². The van der Waals surface area contributed by atoms with Gasteiger partial charge >= 0.3 is 0 Å². The minimum Gasteiger partial charge on any atom is -1.00 e. The molecule has 0 amide bonds. The maximum Gasteiger partial charge on any atom is 0.116 e. The van der Waals surface area contributed by atoms with E-state index in [1.54, 1.807) is 0 Å². The van der Waals surface area contributed by atoms with Crippen molar-refractivity contribution in [3.05, 3.63) is 114 Å². The molecule has 0 spiro atoms. The number of halogens is 1. The van der Waals surface area contributed by atoms with Gasteiger partial charge in [-0.05, 0) is 74.7 Å². The van der Waals surface area contributed by atoms with Crippen LogP contribution in [0.3, 0.4) is 0 Å². The number of rotatable bonds is 5. The molecule has 3 heteroatoms. The lowest BCUT2D eigenvalue weighted by Gasteiger charge is -2.34. The Morgan fingerprint density at radius 1 is 0.889 bits per heavy atom. The van der Waals surface area contributed by atoms with Crippen molar-refractivity contribution in [1.29, 1.82) is 0 Å². The van der Waals surface area contributed by atoms with Gasteiger partial charge in [0.15, 0.2) is 0 Å². The quantitative estimate of drug-likeness (QED) is 0.376. The molecular weight excluding hydrogens is 523 g/mol. The molecule has 0 heterocycles. The summed E-state index contributed by atoms with van der Waals surface area (Å²) in [5.74, 6) is 6.97. The van der Waals surface area contributed by atoms with E-state index < -0.39 is 7.26 Å². The van der Waals surface area contributed by atoms with Crippen molar-refractivity contribution >= 4 is 23.2 Å². The lowest BCUT2D eigenvalue weighted by Crippen LogP contribution is -3.00. The zero-order chi connectivity index (χ0) is 24.9. The highest BCUT2D eigenvalue weighted by atomic mass is 79.9. The van der Waals surface area contributed by atoms with Crippen LogP contribution in [-0.4, -0.2) is 17.4 Å². The summed E-state index contributed by atoms with van der Waals surface area (Å²) in [7, 11) is -1.90. The summed E-state index contributed by atoms with van der Waals surface area (Å²) in [6.07, 6.45) is 4.49. The monoisotopic (exact) mass is 558 g/mol. The van der Waals surface area contributed by atoms with Gasteiger partial charge in [0.25, 0.3) is 0 Å². The summed E-state index contributed by atoms with van der Waals surface area (Å²) in [6.45, 7) is 8.63. The summed E-state index contributed by atoms with van der Waals surface area (Å²) in [5.41, 5.74) is 3.41. The number of aliphatic hydroxyl groups is 1. The number of aliphatic hydroxyl groups excluding tert-OH is 1. The second-order valence-corrected chi connectivity index (χ2v) is 13.8. The van der Waals surface area contributed by atoms with Crippen LogP contribution in [0.25, 0.3) is 0 Å². The summed E-state index contributed by atoms with van der Waals surface area (Å²) in [6, 6.07) is 32.9. The van der Waals surface area contributed by atoms with E-state index in [0.29, 0.717) is 0 Å². The van der Waals surface area contributed by atoms with Crippen LogP contribution in [0.2, 0.25) is 0 Å². The highest BCUT2D eigenvalue weighted by molar-refractivity contribution is 7.95. The predicted octanol–water partition coefficient (Wildman–Crippen LogP) is 3.43. The van der Waals surface area contributed by atoms with Crippen molar-refractivity contribution in [3.8, 4) is 11.8 Å². The van der Waals surface area contributed by atoms with Crippen LogP contribution in [0.4, 0.5) is 0 Å². The highest BCUT2D eigenvalue weighted by Gasteiger charge is 2.44. The second-order valence-electron chi connectivity index (χ2n) is 10.2. The van der Waals surface area contributed by atoms with E-state index in [1.165, 1.54) is 27.1 Å². The third-order valence-corrected chi connectivity index (χ3v) is 11.3. The molecular formula is C33H36BrOP. The molecule has 1 atom stereocenters. The van der Waals surface area contributed by atoms with Gasteiger partial charge in [0.2, 0.25) is 0 Å². The van der Waals surface area contributed by atoms with Crippen LogP contribution in [0.15, 0.2) is 114 Å². The molecule has 0 saturated heterocycles. The lowest BCUT2D eigenvalue weighted by molar-refractivity contribution is -0.0000116. The zero-order valence-electron chi connectivity index (χ0n) is 21.7. The molecule has 0 bridgehead atoms. The molecule has 0 unspecified atom stereocenters. The van der Waals surface area contributed by atoms with Crippen LogP contribution in [0.1, 0.15) is 40.5 Å². The standard InChI is InChI=1S/C33H36OP.BrH/c1-26(20-21-32-27(2)24-28(34)25-33(32,3)4)22-23-35(29-14-8-5-9-15-29,30-16-10-6-11-17-30)31-18-12-7-13-19-31;/h5-19,22,28,34H,23-25H2,1-4H3;1H/q+1;/p-1/b26-22+;/t28-;/m1./s1. The molecule has 0 radical (unpaired) electrons. The van der Waals surface area contributed by atoms with Crippen LogP contribution in [0.5, 0.6) is 0 Å². The first-order valence-electron chi connectivity index (χ1n) is 12.4. The minimum atomic E-state index is -1.90. The van der Waals surface area contributed by atoms with Crippen LogP contribution in [0, 0.1) is 17.3 Å². The molecule has 3 aromatic carbocycles. The molecule has 186 valence electrons. The average Bonchev–Trinajstić information content (AvgIpc) is 2.85. The Balaban J connectivity index is 0.00000361. The van der Waals surface area contributed by atoms with Crippen molar-refractivity contribution in [3.63, 3.8) is 0 Å². The van der Waals surface area contributed by atoms with E-state index in [1.807, 2.05) is 0 Å². The highest BCUT2D eigenvalue weighted by Crippen LogP contribution is 2.55. The fourth-order valence-corrected chi connectivity index (χ4v) is 9.49. The first kappa shape index (κ1) is 28.1. The van der Waals surface area contributed by atoms with E-state index in [4.69, 9.17) is 0 Å². The average molecular weight is 560 g/mol. The topological polar surface area (TPSA) is 20.2 Å². The fourth-order valence-electron chi connectivity index (χ4n) is 5.37. The Labute approximate surface area is 228 Å². The van der Waals surface area contributed by atoms with Crippen molar-refractivity contribution < 1.29 is 22.1 Å². The number of benzene rings is 3. The molecule has 0 aliphatic heterocycles. The van der Waals surface area contributed by atoms with Gasteiger partial charge in [0.05, 0.1) is 12.3 Å². The molecule has 3 aromatic rings. The van der Waals surface area contributed by atoms with E-state index in [0.717, 1.165) is 24.6 Å². The van der Waals surface area contributed by atoms with E-state index >= 15 is 0 Å². The Morgan fingerprint density at radius 3 is 1.75 bits per heavy atom. The number of hydrogen-bond donors (Lipinski definition) is 1.